The number of halogens is 6. The second-order valence-electron chi connectivity index (χ2n) is 3.88. The summed E-state index contributed by atoms with van der Waals surface area (Å²) in [7, 11) is 0. The molecule has 0 aliphatic rings. The van der Waals surface area contributed by atoms with Crippen LogP contribution in [0, 0.1) is 0 Å². The largest absolute Gasteiger partial charge is 0.491 e. The molecule has 22 heavy (non-hydrogen) atoms. The second-order valence-corrected chi connectivity index (χ2v) is 3.88. The molecule has 1 aromatic rings. The summed E-state index contributed by atoms with van der Waals surface area (Å²) >= 11 is 0. The molecule has 0 aromatic heterocycles. The van der Waals surface area contributed by atoms with Gasteiger partial charge in [0.25, 0.3) is 0 Å². The average molecular weight is 330 g/mol. The summed E-state index contributed by atoms with van der Waals surface area (Å²) in [6.45, 7) is -0.737. The maximum absolute atomic E-state index is 12.1. The lowest BCUT2D eigenvalue weighted by Gasteiger charge is -2.12. The molecule has 0 saturated heterocycles. The number of hydrogen-bond donors (Lipinski definition) is 0. The summed E-state index contributed by atoms with van der Waals surface area (Å²) in [4.78, 5) is 21.2. The molecule has 0 spiro atoms. The highest BCUT2D eigenvalue weighted by Gasteiger charge is 2.42. The van der Waals surface area contributed by atoms with Crippen molar-refractivity contribution < 1.29 is 45.4 Å². The molecule has 0 fully saturated rings. The van der Waals surface area contributed by atoms with Crippen LogP contribution in [0.3, 0.4) is 0 Å². The van der Waals surface area contributed by atoms with E-state index in [1.807, 2.05) is 0 Å². The Hall–Kier alpha value is -2.26. The number of alkyl halides is 6. The van der Waals surface area contributed by atoms with Gasteiger partial charge in [-0.2, -0.15) is 26.3 Å². The van der Waals surface area contributed by atoms with Crippen LogP contribution in [0.5, 0.6) is 5.75 Å². The second kappa shape index (κ2) is 6.67. The maximum atomic E-state index is 12.1. The average Bonchev–Trinajstić information content (AvgIpc) is 2.38. The van der Waals surface area contributed by atoms with Crippen molar-refractivity contribution in [2.45, 2.75) is 18.8 Å². The number of hydrogen-bond acceptors (Lipinski definition) is 4. The van der Waals surface area contributed by atoms with Gasteiger partial charge in [0, 0.05) is 6.42 Å². The molecule has 0 aliphatic heterocycles. The molecule has 1 aromatic carbocycles. The molecular formula is C12H8F6O4. The maximum Gasteiger partial charge on any atom is 0.491 e. The number of para-hydroxylation sites is 1. The van der Waals surface area contributed by atoms with Crippen LogP contribution < -0.4 is 4.74 Å². The quantitative estimate of drug-likeness (QED) is 0.484. The van der Waals surface area contributed by atoms with Gasteiger partial charge in [0.15, 0.2) is 0 Å². The van der Waals surface area contributed by atoms with E-state index in [0.29, 0.717) is 0 Å². The van der Waals surface area contributed by atoms with Crippen LogP contribution in [-0.4, -0.2) is 30.9 Å². The lowest BCUT2D eigenvalue weighted by molar-refractivity contribution is -0.199. The van der Waals surface area contributed by atoms with E-state index in [-0.39, 0.29) is 12.0 Å². The SMILES string of the molecule is O=C(OCCc1ccccc1OC(=O)C(F)(F)F)C(F)(F)F. The fourth-order valence-electron chi connectivity index (χ4n) is 1.30. The Morgan fingerprint density at radius 2 is 1.45 bits per heavy atom. The van der Waals surface area contributed by atoms with Crippen LogP contribution in [0.2, 0.25) is 0 Å². The zero-order valence-corrected chi connectivity index (χ0v) is 10.6. The van der Waals surface area contributed by atoms with Gasteiger partial charge in [-0.15, -0.1) is 0 Å². The Bertz CT molecular complexity index is 549. The molecule has 0 unspecified atom stereocenters. The molecule has 0 radical (unpaired) electrons. The summed E-state index contributed by atoms with van der Waals surface area (Å²) in [5.41, 5.74) is -0.0184. The Morgan fingerprint density at radius 1 is 0.909 bits per heavy atom. The molecule has 0 amide bonds. The normalized spacial score (nSPS) is 11.9. The molecule has 0 saturated carbocycles. The Balaban J connectivity index is 2.69. The summed E-state index contributed by atoms with van der Waals surface area (Å²) < 4.78 is 79.9. The third-order valence-electron chi connectivity index (χ3n) is 2.24. The van der Waals surface area contributed by atoms with Gasteiger partial charge < -0.3 is 9.47 Å². The highest BCUT2D eigenvalue weighted by atomic mass is 19.4. The van der Waals surface area contributed by atoms with Gasteiger partial charge in [-0.3, -0.25) is 0 Å². The minimum Gasteiger partial charge on any atom is -0.459 e. The first kappa shape index (κ1) is 17.8. The minimum atomic E-state index is -5.21. The van der Waals surface area contributed by atoms with E-state index in [2.05, 4.69) is 9.47 Å². The molecular weight excluding hydrogens is 322 g/mol. The monoisotopic (exact) mass is 330 g/mol. The van der Waals surface area contributed by atoms with Gasteiger partial charge in [-0.25, -0.2) is 9.59 Å². The molecule has 122 valence electrons. The van der Waals surface area contributed by atoms with E-state index >= 15 is 0 Å². The predicted molar refractivity (Wildman–Crippen MR) is 58.9 cm³/mol. The van der Waals surface area contributed by atoms with Gasteiger partial charge in [-0.1, -0.05) is 18.2 Å². The van der Waals surface area contributed by atoms with Crippen molar-refractivity contribution in [2.24, 2.45) is 0 Å². The number of ether oxygens (including phenoxy) is 2. The lowest BCUT2D eigenvalue weighted by Crippen LogP contribution is -2.28. The molecule has 10 heteroatoms. The van der Waals surface area contributed by atoms with Crippen LogP contribution in [0.15, 0.2) is 24.3 Å². The van der Waals surface area contributed by atoms with Crippen LogP contribution in [0.25, 0.3) is 0 Å². The number of carbonyl (C=O) groups is 2. The highest BCUT2D eigenvalue weighted by molar-refractivity contribution is 5.78. The van der Waals surface area contributed by atoms with Gasteiger partial charge >= 0.3 is 24.3 Å². The molecule has 4 nitrogen and oxygen atoms in total. The summed E-state index contributed by atoms with van der Waals surface area (Å²) in [6.07, 6.45) is -10.7. The summed E-state index contributed by atoms with van der Waals surface area (Å²) in [6, 6.07) is 4.89. The van der Waals surface area contributed by atoms with E-state index in [1.165, 1.54) is 18.2 Å². The van der Waals surface area contributed by atoms with E-state index in [1.54, 1.807) is 0 Å². The smallest absolute Gasteiger partial charge is 0.459 e. The number of esters is 2. The van der Waals surface area contributed by atoms with E-state index < -0.39 is 36.6 Å². The van der Waals surface area contributed by atoms with Gasteiger partial charge in [0.2, 0.25) is 0 Å². The van der Waals surface area contributed by atoms with Crippen LogP contribution in [0.4, 0.5) is 26.3 Å². The third-order valence-corrected chi connectivity index (χ3v) is 2.24. The van der Waals surface area contributed by atoms with Gasteiger partial charge in [-0.05, 0) is 11.6 Å². The van der Waals surface area contributed by atoms with Crippen molar-refractivity contribution in [3.8, 4) is 5.75 Å². The lowest BCUT2D eigenvalue weighted by atomic mass is 10.1. The van der Waals surface area contributed by atoms with Crippen LogP contribution in [0.1, 0.15) is 5.56 Å². The number of carbonyl (C=O) groups excluding carboxylic acids is 2. The molecule has 0 N–H and O–H groups in total. The molecule has 1 rings (SSSR count). The number of rotatable bonds is 4. The van der Waals surface area contributed by atoms with Crippen molar-refractivity contribution in [3.05, 3.63) is 29.8 Å². The van der Waals surface area contributed by atoms with Crippen molar-refractivity contribution >= 4 is 11.9 Å². The van der Waals surface area contributed by atoms with Crippen molar-refractivity contribution in [3.63, 3.8) is 0 Å². The summed E-state index contributed by atoms with van der Waals surface area (Å²) in [5, 5.41) is 0. The zero-order chi connectivity index (χ0) is 17.0. The molecule has 0 aliphatic carbocycles. The highest BCUT2D eigenvalue weighted by Crippen LogP contribution is 2.24. The summed E-state index contributed by atoms with van der Waals surface area (Å²) in [5.74, 6) is -5.36. The topological polar surface area (TPSA) is 52.6 Å². The van der Waals surface area contributed by atoms with E-state index in [4.69, 9.17) is 0 Å². The fraction of sp³-hybridized carbons (Fsp3) is 0.333. The first-order chi connectivity index (χ1) is 10.0. The third kappa shape index (κ3) is 5.26. The predicted octanol–water partition coefficient (Wildman–Crippen LogP) is 2.80. The van der Waals surface area contributed by atoms with E-state index in [9.17, 15) is 35.9 Å². The van der Waals surface area contributed by atoms with E-state index in [0.717, 1.165) is 6.07 Å². The first-order valence-electron chi connectivity index (χ1n) is 5.62. The number of benzene rings is 1. The van der Waals surface area contributed by atoms with Crippen LogP contribution in [-0.2, 0) is 20.7 Å². The Morgan fingerprint density at radius 3 is 2.00 bits per heavy atom. The van der Waals surface area contributed by atoms with Crippen molar-refractivity contribution in [1.29, 1.82) is 0 Å². The minimum absolute atomic E-state index is 0.0184. The standard InChI is InChI=1S/C12H8F6O4/c13-11(14,15)9(19)21-6-5-7-3-1-2-4-8(7)22-10(20)12(16,17)18/h1-4H,5-6H2. The molecule has 0 atom stereocenters. The zero-order valence-electron chi connectivity index (χ0n) is 10.6. The van der Waals surface area contributed by atoms with Crippen molar-refractivity contribution in [2.75, 3.05) is 6.61 Å². The Labute approximate surface area is 119 Å². The Kier molecular flexibility index (Phi) is 5.39. The van der Waals surface area contributed by atoms with Crippen LogP contribution >= 0.6 is 0 Å². The first-order valence-corrected chi connectivity index (χ1v) is 5.62. The molecule has 0 bridgehead atoms. The van der Waals surface area contributed by atoms with Crippen molar-refractivity contribution in [1.82, 2.24) is 0 Å². The fourth-order valence-corrected chi connectivity index (χ4v) is 1.30. The molecule has 0 heterocycles. The van der Waals surface area contributed by atoms with Gasteiger partial charge in [0.05, 0.1) is 6.61 Å². The van der Waals surface area contributed by atoms with Gasteiger partial charge in [0.1, 0.15) is 5.75 Å².